The van der Waals surface area contributed by atoms with Gasteiger partial charge in [-0.2, -0.15) is 13.2 Å². The number of nitrogens with one attached hydrogen (secondary N) is 1. The van der Waals surface area contributed by atoms with Crippen LogP contribution in [0.4, 0.5) is 17.6 Å². The third-order valence-corrected chi connectivity index (χ3v) is 7.99. The molecule has 0 aromatic heterocycles. The van der Waals surface area contributed by atoms with Gasteiger partial charge in [0.05, 0.1) is 21.0 Å². The van der Waals surface area contributed by atoms with Crippen LogP contribution in [0.15, 0.2) is 47.4 Å². The number of carbonyl (C=O) groups excluding carboxylic acids is 1. The van der Waals surface area contributed by atoms with Crippen molar-refractivity contribution in [2.75, 3.05) is 0 Å². The van der Waals surface area contributed by atoms with Gasteiger partial charge in [-0.1, -0.05) is 29.3 Å². The third kappa shape index (κ3) is 4.99. The molecule has 1 N–H and O–H groups in total. The molecule has 2 aromatic carbocycles. The normalized spacial score (nSPS) is 22.2. The van der Waals surface area contributed by atoms with Crippen molar-refractivity contribution in [1.29, 1.82) is 0 Å². The van der Waals surface area contributed by atoms with E-state index in [-0.39, 0.29) is 23.4 Å². The lowest BCUT2D eigenvalue weighted by atomic mass is 9.93. The molecule has 0 bridgehead atoms. The van der Waals surface area contributed by atoms with Gasteiger partial charge in [0.2, 0.25) is 14.8 Å². The van der Waals surface area contributed by atoms with Gasteiger partial charge < -0.3 is 5.32 Å². The monoisotopic (exact) mass is 497 g/mol. The predicted octanol–water partition coefficient (Wildman–Crippen LogP) is 5.82. The zero-order valence-corrected chi connectivity index (χ0v) is 18.2. The van der Waals surface area contributed by atoms with Gasteiger partial charge in [-0.15, -0.1) is 0 Å². The number of rotatable bonds is 4. The summed E-state index contributed by atoms with van der Waals surface area (Å²) in [6, 6.07) is 6.83. The van der Waals surface area contributed by atoms with E-state index in [1.807, 2.05) is 0 Å². The van der Waals surface area contributed by atoms with Crippen LogP contribution in [0.5, 0.6) is 0 Å². The predicted molar refractivity (Wildman–Crippen MR) is 109 cm³/mol. The molecule has 4 nitrogen and oxygen atoms in total. The lowest BCUT2D eigenvalue weighted by molar-refractivity contribution is -0.137. The van der Waals surface area contributed by atoms with Crippen LogP contribution in [-0.4, -0.2) is 25.4 Å². The van der Waals surface area contributed by atoms with Crippen LogP contribution in [-0.2, 0) is 16.0 Å². The van der Waals surface area contributed by atoms with E-state index in [9.17, 15) is 26.4 Å². The quantitative estimate of drug-likeness (QED) is 0.541. The van der Waals surface area contributed by atoms with Crippen LogP contribution >= 0.6 is 23.2 Å². The van der Waals surface area contributed by atoms with Gasteiger partial charge in [0.1, 0.15) is 0 Å². The minimum Gasteiger partial charge on any atom is -0.349 e. The summed E-state index contributed by atoms with van der Waals surface area (Å²) in [4.78, 5) is 11.7. The SMILES string of the molecule is O=C(NC1CCC(F)(S(=O)(=O)c2cccc(C(F)(F)F)c2)CC1)c1ccc(Cl)cc1Cl. The van der Waals surface area contributed by atoms with Crippen LogP contribution < -0.4 is 5.32 Å². The summed E-state index contributed by atoms with van der Waals surface area (Å²) in [5.74, 6) is -0.515. The Morgan fingerprint density at radius 2 is 1.71 bits per heavy atom. The van der Waals surface area contributed by atoms with Gasteiger partial charge in [-0.3, -0.25) is 4.79 Å². The second kappa shape index (κ2) is 8.60. The molecule has 0 radical (unpaired) electrons. The molecule has 0 unspecified atom stereocenters. The Hall–Kier alpha value is -1.84. The Morgan fingerprint density at radius 3 is 2.29 bits per heavy atom. The van der Waals surface area contributed by atoms with Crippen molar-refractivity contribution in [2.24, 2.45) is 0 Å². The average Bonchev–Trinajstić information content (AvgIpc) is 2.69. The molecule has 1 saturated carbocycles. The second-order valence-corrected chi connectivity index (χ2v) is 10.3. The number of alkyl halides is 4. The topological polar surface area (TPSA) is 63.2 Å². The molecule has 3 rings (SSSR count). The van der Waals surface area contributed by atoms with E-state index >= 15 is 4.39 Å². The molecular weight excluding hydrogens is 481 g/mol. The highest BCUT2D eigenvalue weighted by molar-refractivity contribution is 7.92. The van der Waals surface area contributed by atoms with Gasteiger partial charge >= 0.3 is 6.18 Å². The van der Waals surface area contributed by atoms with Gasteiger partial charge in [0.25, 0.3) is 5.91 Å². The minimum absolute atomic E-state index is 0.00829. The fourth-order valence-electron chi connectivity index (χ4n) is 3.45. The highest BCUT2D eigenvalue weighted by Gasteiger charge is 2.48. The summed E-state index contributed by atoms with van der Waals surface area (Å²) >= 11 is 11.8. The first-order valence-electron chi connectivity index (χ1n) is 9.20. The van der Waals surface area contributed by atoms with E-state index in [4.69, 9.17) is 23.2 Å². The Bertz CT molecular complexity index is 1100. The lowest BCUT2D eigenvalue weighted by Crippen LogP contribution is -2.45. The van der Waals surface area contributed by atoms with Crippen molar-refractivity contribution in [3.8, 4) is 0 Å². The number of hydrogen-bond acceptors (Lipinski definition) is 3. The number of benzene rings is 2. The molecule has 1 aliphatic rings. The van der Waals surface area contributed by atoms with Crippen LogP contribution in [0.2, 0.25) is 10.0 Å². The molecule has 0 spiro atoms. The van der Waals surface area contributed by atoms with Crippen molar-refractivity contribution < 1.29 is 30.8 Å². The first kappa shape index (κ1) is 23.8. The van der Waals surface area contributed by atoms with Crippen molar-refractivity contribution in [2.45, 2.75) is 47.8 Å². The van der Waals surface area contributed by atoms with Gasteiger partial charge in [0.15, 0.2) is 0 Å². The number of amides is 1. The zero-order valence-electron chi connectivity index (χ0n) is 15.8. The summed E-state index contributed by atoms with van der Waals surface area (Å²) in [5.41, 5.74) is -1.00. The smallest absolute Gasteiger partial charge is 0.349 e. The van der Waals surface area contributed by atoms with Crippen molar-refractivity contribution in [3.63, 3.8) is 0 Å². The minimum atomic E-state index is -4.75. The van der Waals surface area contributed by atoms with Crippen molar-refractivity contribution in [3.05, 3.63) is 63.6 Å². The van der Waals surface area contributed by atoms with E-state index in [1.165, 1.54) is 18.2 Å². The Kier molecular flexibility index (Phi) is 6.60. The zero-order chi connectivity index (χ0) is 23.0. The van der Waals surface area contributed by atoms with E-state index in [2.05, 4.69) is 5.32 Å². The molecule has 0 saturated heterocycles. The van der Waals surface area contributed by atoms with E-state index < -0.39 is 56.3 Å². The molecule has 1 fully saturated rings. The number of halogens is 6. The second-order valence-electron chi connectivity index (χ2n) is 7.28. The first-order valence-corrected chi connectivity index (χ1v) is 11.4. The number of carbonyl (C=O) groups is 1. The Labute approximate surface area is 186 Å². The van der Waals surface area contributed by atoms with E-state index in [0.29, 0.717) is 11.1 Å². The summed E-state index contributed by atoms with van der Waals surface area (Å²) in [6.07, 6.45) is -5.70. The fraction of sp³-hybridized carbons (Fsp3) is 0.350. The molecule has 168 valence electrons. The molecule has 0 aliphatic heterocycles. The van der Waals surface area contributed by atoms with Crippen LogP contribution in [0.1, 0.15) is 41.6 Å². The van der Waals surface area contributed by atoms with Crippen LogP contribution in [0.3, 0.4) is 0 Å². The Morgan fingerprint density at radius 1 is 1.06 bits per heavy atom. The Balaban J connectivity index is 1.72. The summed E-state index contributed by atoms with van der Waals surface area (Å²) in [7, 11) is -4.68. The molecule has 31 heavy (non-hydrogen) atoms. The molecular formula is C20H17Cl2F4NO3S. The summed E-state index contributed by atoms with van der Waals surface area (Å²) in [6.45, 7) is 0. The largest absolute Gasteiger partial charge is 0.416 e. The van der Waals surface area contributed by atoms with E-state index in [1.54, 1.807) is 0 Å². The molecule has 11 heteroatoms. The first-order chi connectivity index (χ1) is 14.3. The fourth-order valence-corrected chi connectivity index (χ4v) is 5.68. The highest BCUT2D eigenvalue weighted by Crippen LogP contribution is 2.41. The summed E-state index contributed by atoms with van der Waals surface area (Å²) < 4.78 is 79.6. The van der Waals surface area contributed by atoms with Crippen molar-refractivity contribution in [1.82, 2.24) is 5.32 Å². The highest BCUT2D eigenvalue weighted by atomic mass is 35.5. The number of hydrogen-bond donors (Lipinski definition) is 1. The van der Waals surface area contributed by atoms with Crippen LogP contribution in [0.25, 0.3) is 0 Å². The average molecular weight is 498 g/mol. The van der Waals surface area contributed by atoms with E-state index in [0.717, 1.165) is 18.2 Å². The van der Waals surface area contributed by atoms with Gasteiger partial charge in [0, 0.05) is 11.1 Å². The number of sulfone groups is 1. The third-order valence-electron chi connectivity index (χ3n) is 5.20. The summed E-state index contributed by atoms with van der Waals surface area (Å²) in [5, 5.41) is 0.431. The molecule has 2 aromatic rings. The van der Waals surface area contributed by atoms with Crippen LogP contribution in [0, 0.1) is 0 Å². The maximum Gasteiger partial charge on any atom is 0.416 e. The van der Waals surface area contributed by atoms with Gasteiger partial charge in [-0.05, 0) is 62.1 Å². The molecule has 0 atom stereocenters. The molecule has 1 aliphatic carbocycles. The van der Waals surface area contributed by atoms with Crippen molar-refractivity contribution >= 4 is 38.9 Å². The molecule has 0 heterocycles. The maximum atomic E-state index is 15.4. The molecule has 1 amide bonds. The maximum absolute atomic E-state index is 15.4. The lowest BCUT2D eigenvalue weighted by Gasteiger charge is -2.34. The standard InChI is InChI=1S/C20H17Cl2F4NO3S/c21-13-4-5-16(17(22)11-13)18(28)27-14-6-8-19(23,9-7-14)31(29,30)15-3-1-2-12(10-15)20(24,25)26/h1-5,10-11,14H,6-9H2,(H,27,28). The van der Waals surface area contributed by atoms with Gasteiger partial charge in [-0.25, -0.2) is 12.8 Å².